The molecule has 0 bridgehead atoms. The van der Waals surface area contributed by atoms with Crippen molar-refractivity contribution in [1.29, 1.82) is 0 Å². The van der Waals surface area contributed by atoms with Gasteiger partial charge in [0, 0.05) is 11.6 Å². The van der Waals surface area contributed by atoms with E-state index in [9.17, 15) is 14.9 Å². The third kappa shape index (κ3) is 1.70. The Morgan fingerprint density at radius 2 is 2.31 bits per heavy atom. The van der Waals surface area contributed by atoms with Crippen LogP contribution in [0.4, 0.5) is 5.69 Å². The number of nitrogens with one attached hydrogen (secondary N) is 1. The van der Waals surface area contributed by atoms with E-state index in [2.05, 4.69) is 9.97 Å². The molecule has 82 valence electrons. The molecule has 2 N–H and O–H groups in total. The van der Waals surface area contributed by atoms with Crippen LogP contribution in [0.2, 0.25) is 0 Å². The van der Waals surface area contributed by atoms with E-state index in [1.165, 1.54) is 18.5 Å². The van der Waals surface area contributed by atoms with Crippen molar-refractivity contribution in [2.24, 2.45) is 0 Å². The summed E-state index contributed by atoms with van der Waals surface area (Å²) < 4.78 is 0. The number of fused-ring (bicyclic) bond motifs is 1. The molecule has 7 heteroatoms. The van der Waals surface area contributed by atoms with Gasteiger partial charge in [0.05, 0.1) is 28.7 Å². The molecule has 2 aromatic rings. The van der Waals surface area contributed by atoms with Gasteiger partial charge in [0.2, 0.25) is 0 Å². The maximum absolute atomic E-state index is 10.7. The van der Waals surface area contributed by atoms with Crippen LogP contribution in [-0.2, 0) is 11.2 Å². The Labute approximate surface area is 88.9 Å². The molecular weight excluding hydrogens is 214 g/mol. The number of hydrogen-bond donors (Lipinski definition) is 2. The molecule has 0 aliphatic heterocycles. The molecule has 0 saturated carbocycles. The van der Waals surface area contributed by atoms with E-state index in [0.717, 1.165) is 0 Å². The zero-order valence-corrected chi connectivity index (χ0v) is 8.01. The van der Waals surface area contributed by atoms with Gasteiger partial charge in [-0.1, -0.05) is 0 Å². The van der Waals surface area contributed by atoms with E-state index in [-0.39, 0.29) is 17.7 Å². The van der Waals surface area contributed by atoms with Crippen LogP contribution in [0.1, 0.15) is 5.56 Å². The minimum absolute atomic E-state index is 0.150. The lowest BCUT2D eigenvalue weighted by molar-refractivity contribution is -0.385. The first-order valence-corrected chi connectivity index (χ1v) is 4.40. The number of imidazole rings is 1. The van der Waals surface area contributed by atoms with Gasteiger partial charge in [-0.15, -0.1) is 0 Å². The molecule has 0 atom stereocenters. The van der Waals surface area contributed by atoms with Crippen LogP contribution >= 0.6 is 0 Å². The molecule has 16 heavy (non-hydrogen) atoms. The number of aliphatic carboxylic acids is 1. The fraction of sp³-hybridized carbons (Fsp3) is 0.111. The number of carboxylic acid groups (broad SMARTS) is 1. The smallest absolute Gasteiger partial charge is 0.308 e. The van der Waals surface area contributed by atoms with Gasteiger partial charge in [-0.2, -0.15) is 0 Å². The van der Waals surface area contributed by atoms with E-state index >= 15 is 0 Å². The second-order valence-electron chi connectivity index (χ2n) is 3.23. The maximum Gasteiger partial charge on any atom is 0.308 e. The fourth-order valence-corrected chi connectivity index (χ4v) is 1.49. The molecule has 0 aliphatic carbocycles. The van der Waals surface area contributed by atoms with Crippen LogP contribution in [0.15, 0.2) is 18.5 Å². The summed E-state index contributed by atoms with van der Waals surface area (Å²) in [7, 11) is 0. The Hall–Kier alpha value is -2.44. The number of aromatic amines is 1. The normalized spacial score (nSPS) is 10.5. The van der Waals surface area contributed by atoms with Gasteiger partial charge < -0.3 is 10.1 Å². The van der Waals surface area contributed by atoms with Crippen LogP contribution in [-0.4, -0.2) is 26.0 Å². The molecule has 1 heterocycles. The number of carboxylic acids is 1. The van der Waals surface area contributed by atoms with E-state index in [4.69, 9.17) is 5.11 Å². The molecule has 0 saturated heterocycles. The van der Waals surface area contributed by atoms with Crippen LogP contribution in [0.3, 0.4) is 0 Å². The summed E-state index contributed by atoms with van der Waals surface area (Å²) >= 11 is 0. The Balaban J connectivity index is 2.62. The molecule has 0 unspecified atom stereocenters. The van der Waals surface area contributed by atoms with E-state index in [0.29, 0.717) is 11.0 Å². The molecule has 2 rings (SSSR count). The van der Waals surface area contributed by atoms with Gasteiger partial charge in [0.25, 0.3) is 5.69 Å². The summed E-state index contributed by atoms with van der Waals surface area (Å²) in [5.74, 6) is -1.11. The van der Waals surface area contributed by atoms with Gasteiger partial charge in [0.1, 0.15) is 0 Å². The maximum atomic E-state index is 10.7. The predicted octanol–water partition coefficient (Wildman–Crippen LogP) is 1.10. The lowest BCUT2D eigenvalue weighted by Crippen LogP contribution is -2.03. The highest BCUT2D eigenvalue weighted by atomic mass is 16.6. The average Bonchev–Trinajstić information content (AvgIpc) is 2.62. The highest BCUT2D eigenvalue weighted by Gasteiger charge is 2.18. The summed E-state index contributed by atoms with van der Waals surface area (Å²) in [5, 5.41) is 19.4. The van der Waals surface area contributed by atoms with Crippen molar-refractivity contribution in [2.75, 3.05) is 0 Å². The van der Waals surface area contributed by atoms with Gasteiger partial charge in [0.15, 0.2) is 0 Å². The molecule has 0 fully saturated rings. The number of H-pyrrole nitrogens is 1. The van der Waals surface area contributed by atoms with Gasteiger partial charge in [-0.25, -0.2) is 4.98 Å². The zero-order valence-electron chi connectivity index (χ0n) is 8.01. The minimum atomic E-state index is -1.11. The average molecular weight is 221 g/mol. The Morgan fingerprint density at radius 1 is 1.56 bits per heavy atom. The Morgan fingerprint density at radius 3 is 2.94 bits per heavy atom. The van der Waals surface area contributed by atoms with Gasteiger partial charge in [-0.05, 0) is 6.07 Å². The monoisotopic (exact) mass is 221 g/mol. The van der Waals surface area contributed by atoms with Crippen LogP contribution in [0.5, 0.6) is 0 Å². The minimum Gasteiger partial charge on any atom is -0.481 e. The molecule has 7 nitrogen and oxygen atoms in total. The van der Waals surface area contributed by atoms with E-state index < -0.39 is 10.9 Å². The zero-order chi connectivity index (χ0) is 11.7. The van der Waals surface area contributed by atoms with E-state index in [1.54, 1.807) is 0 Å². The summed E-state index contributed by atoms with van der Waals surface area (Å²) in [4.78, 5) is 27.4. The third-order valence-electron chi connectivity index (χ3n) is 2.16. The van der Waals surface area contributed by atoms with Crippen molar-refractivity contribution in [2.45, 2.75) is 6.42 Å². The summed E-state index contributed by atoms with van der Waals surface area (Å²) in [5.41, 5.74) is 0.971. The lowest BCUT2D eigenvalue weighted by Gasteiger charge is -1.99. The predicted molar refractivity (Wildman–Crippen MR) is 54.1 cm³/mol. The molecule has 1 aromatic heterocycles. The standard InChI is InChI=1S/C9H7N3O4/c13-9(14)2-5-1-6-7(11-4-10-6)3-8(5)12(15)16/h1,3-4H,2H2,(H,10,11)(H,13,14). The molecule has 0 spiro atoms. The van der Waals surface area contributed by atoms with E-state index in [1.807, 2.05) is 0 Å². The first kappa shape index (κ1) is 10.1. The number of aromatic nitrogens is 2. The number of hydrogen-bond acceptors (Lipinski definition) is 4. The van der Waals surface area contributed by atoms with Crippen LogP contribution in [0, 0.1) is 10.1 Å². The lowest BCUT2D eigenvalue weighted by atomic mass is 10.1. The Bertz CT molecular complexity index is 575. The number of nitro groups is 1. The highest BCUT2D eigenvalue weighted by Crippen LogP contribution is 2.24. The van der Waals surface area contributed by atoms with Crippen molar-refractivity contribution < 1.29 is 14.8 Å². The fourth-order valence-electron chi connectivity index (χ4n) is 1.49. The first-order chi connectivity index (χ1) is 7.58. The number of benzene rings is 1. The van der Waals surface area contributed by atoms with Crippen LogP contribution < -0.4 is 0 Å². The molecule has 1 aromatic carbocycles. The molecule has 0 radical (unpaired) electrons. The quantitative estimate of drug-likeness (QED) is 0.595. The second-order valence-corrected chi connectivity index (χ2v) is 3.23. The molecule has 0 amide bonds. The number of rotatable bonds is 3. The topological polar surface area (TPSA) is 109 Å². The SMILES string of the molecule is O=C(O)Cc1cc2nc[nH]c2cc1[N+](=O)[O-]. The van der Waals surface area contributed by atoms with Gasteiger partial charge in [-0.3, -0.25) is 14.9 Å². The van der Waals surface area contributed by atoms with Gasteiger partial charge >= 0.3 is 5.97 Å². The second kappa shape index (κ2) is 3.61. The van der Waals surface area contributed by atoms with Crippen molar-refractivity contribution in [3.63, 3.8) is 0 Å². The van der Waals surface area contributed by atoms with Crippen molar-refractivity contribution >= 4 is 22.7 Å². The third-order valence-corrected chi connectivity index (χ3v) is 2.16. The number of carbonyl (C=O) groups is 1. The summed E-state index contributed by atoms with van der Waals surface area (Å²) in [6, 6.07) is 2.71. The first-order valence-electron chi connectivity index (χ1n) is 4.40. The summed E-state index contributed by atoms with van der Waals surface area (Å²) in [6.07, 6.45) is 1.01. The molecule has 0 aliphatic rings. The van der Waals surface area contributed by atoms with Crippen molar-refractivity contribution in [3.8, 4) is 0 Å². The van der Waals surface area contributed by atoms with Crippen molar-refractivity contribution in [3.05, 3.63) is 34.1 Å². The largest absolute Gasteiger partial charge is 0.481 e. The van der Waals surface area contributed by atoms with Crippen LogP contribution in [0.25, 0.3) is 11.0 Å². The van der Waals surface area contributed by atoms with Crippen molar-refractivity contribution in [1.82, 2.24) is 9.97 Å². The summed E-state index contributed by atoms with van der Waals surface area (Å²) in [6.45, 7) is 0. The number of nitrogens with zero attached hydrogens (tertiary/aromatic N) is 2. The highest BCUT2D eigenvalue weighted by molar-refractivity contribution is 5.82. The number of nitro benzene ring substituents is 1. The Kier molecular flexibility index (Phi) is 2.28. The molecular formula is C9H7N3O4.